The molecule has 1 aromatic rings. The molecule has 0 spiro atoms. The molecule has 0 aromatic carbocycles. The zero-order chi connectivity index (χ0) is 12.8. The summed E-state index contributed by atoms with van der Waals surface area (Å²) in [7, 11) is 0. The van der Waals surface area contributed by atoms with Crippen molar-refractivity contribution in [3.8, 4) is 0 Å². The number of aromatic nitrogens is 1. The van der Waals surface area contributed by atoms with Crippen molar-refractivity contribution < 1.29 is 9.53 Å². The Morgan fingerprint density at radius 2 is 2.24 bits per heavy atom. The van der Waals surface area contributed by atoms with Crippen LogP contribution < -0.4 is 5.73 Å². The van der Waals surface area contributed by atoms with E-state index in [0.29, 0.717) is 18.1 Å². The van der Waals surface area contributed by atoms with E-state index in [9.17, 15) is 4.79 Å². The number of carbonyl (C=O) groups excluding carboxylic acids is 1. The number of hydrogen-bond donors (Lipinski definition) is 1. The summed E-state index contributed by atoms with van der Waals surface area (Å²) in [6.45, 7) is 6.11. The minimum absolute atomic E-state index is 0.185. The first-order valence-corrected chi connectivity index (χ1v) is 6.65. The zero-order valence-corrected chi connectivity index (χ0v) is 11.3. The van der Waals surface area contributed by atoms with Gasteiger partial charge in [0.15, 0.2) is 0 Å². The number of ether oxygens (including phenoxy) is 1. The second-order valence-electron chi connectivity index (χ2n) is 3.72. The molecule has 1 aromatic heterocycles. The molecule has 1 heterocycles. The number of thioether (sulfide) groups is 1. The quantitative estimate of drug-likeness (QED) is 0.815. The van der Waals surface area contributed by atoms with Gasteiger partial charge in [-0.2, -0.15) is 0 Å². The van der Waals surface area contributed by atoms with E-state index >= 15 is 0 Å². The van der Waals surface area contributed by atoms with Gasteiger partial charge in [0.25, 0.3) is 0 Å². The van der Waals surface area contributed by atoms with E-state index in [4.69, 9.17) is 10.5 Å². The summed E-state index contributed by atoms with van der Waals surface area (Å²) in [5, 5.41) is 0. The molecule has 0 saturated carbocycles. The topological polar surface area (TPSA) is 65.2 Å². The van der Waals surface area contributed by atoms with Crippen LogP contribution in [0.5, 0.6) is 0 Å². The highest BCUT2D eigenvalue weighted by atomic mass is 32.2. The van der Waals surface area contributed by atoms with Crippen molar-refractivity contribution in [2.75, 3.05) is 18.1 Å². The van der Waals surface area contributed by atoms with Crippen molar-refractivity contribution in [3.05, 3.63) is 23.0 Å². The summed E-state index contributed by atoms with van der Waals surface area (Å²) in [4.78, 5) is 15.5. The molecular weight excluding hydrogens is 236 g/mol. The third kappa shape index (κ3) is 3.93. The Balaban J connectivity index is 2.53. The van der Waals surface area contributed by atoms with Gasteiger partial charge in [0.1, 0.15) is 0 Å². The lowest BCUT2D eigenvalue weighted by atomic mass is 10.1. The molecule has 94 valence electrons. The second-order valence-corrected chi connectivity index (χ2v) is 4.71. The average Bonchev–Trinajstić information content (AvgIpc) is 2.29. The molecule has 4 nitrogen and oxygen atoms in total. The molecule has 17 heavy (non-hydrogen) atoms. The summed E-state index contributed by atoms with van der Waals surface area (Å²) < 4.78 is 4.85. The number of carbonyl (C=O) groups is 1. The number of nitrogen functional groups attached to an aromatic ring is 1. The summed E-state index contributed by atoms with van der Waals surface area (Å²) in [5.74, 6) is 0.841. The lowest BCUT2D eigenvalue weighted by Gasteiger charge is -2.09. The third-order valence-corrected chi connectivity index (χ3v) is 3.36. The first-order valence-electron chi connectivity index (χ1n) is 5.50. The van der Waals surface area contributed by atoms with Crippen LogP contribution in [0.25, 0.3) is 0 Å². The molecule has 0 atom stereocenters. The Labute approximate surface area is 106 Å². The van der Waals surface area contributed by atoms with Crippen molar-refractivity contribution in [2.24, 2.45) is 0 Å². The highest BCUT2D eigenvalue weighted by molar-refractivity contribution is 7.99. The lowest BCUT2D eigenvalue weighted by molar-refractivity contribution is -0.139. The number of nitrogens with two attached hydrogens (primary N) is 1. The highest BCUT2D eigenvalue weighted by Crippen LogP contribution is 2.21. The van der Waals surface area contributed by atoms with E-state index in [0.717, 1.165) is 22.5 Å². The molecule has 0 amide bonds. The van der Waals surface area contributed by atoms with Crippen LogP contribution in [-0.4, -0.2) is 23.3 Å². The van der Waals surface area contributed by atoms with Gasteiger partial charge in [0.2, 0.25) is 0 Å². The molecular formula is C12H18N2O2S. The van der Waals surface area contributed by atoms with E-state index in [1.54, 1.807) is 13.1 Å². The van der Waals surface area contributed by atoms with Crippen molar-refractivity contribution in [3.63, 3.8) is 0 Å². The fourth-order valence-electron chi connectivity index (χ4n) is 1.37. The second kappa shape index (κ2) is 6.49. The first kappa shape index (κ1) is 13.8. The first-order chi connectivity index (χ1) is 8.06. The van der Waals surface area contributed by atoms with Crippen molar-refractivity contribution >= 4 is 23.4 Å². The van der Waals surface area contributed by atoms with Crippen LogP contribution in [0.3, 0.4) is 0 Å². The SMILES string of the molecule is CCOC(=O)CSCc1ncc(C)c(N)c1C. The highest BCUT2D eigenvalue weighted by Gasteiger charge is 2.08. The zero-order valence-electron chi connectivity index (χ0n) is 10.4. The van der Waals surface area contributed by atoms with Gasteiger partial charge in [-0.3, -0.25) is 9.78 Å². The molecule has 0 fully saturated rings. The molecule has 5 heteroatoms. The van der Waals surface area contributed by atoms with E-state index in [2.05, 4.69) is 4.98 Å². The fraction of sp³-hybridized carbons (Fsp3) is 0.500. The van der Waals surface area contributed by atoms with Crippen LogP contribution in [0.2, 0.25) is 0 Å². The molecule has 1 rings (SSSR count). The Morgan fingerprint density at radius 3 is 2.88 bits per heavy atom. The van der Waals surface area contributed by atoms with Gasteiger partial charge in [-0.15, -0.1) is 11.8 Å². The molecule has 0 aliphatic heterocycles. The standard InChI is InChI=1S/C12H18N2O2S/c1-4-16-11(15)7-17-6-10-9(3)12(13)8(2)5-14-10/h5H,4,6-7H2,1-3H3,(H2,13,14). The largest absolute Gasteiger partial charge is 0.465 e. The molecule has 0 saturated heterocycles. The molecule has 0 bridgehead atoms. The summed E-state index contributed by atoms with van der Waals surface area (Å²) in [6, 6.07) is 0. The van der Waals surface area contributed by atoms with E-state index in [1.807, 2.05) is 13.8 Å². The van der Waals surface area contributed by atoms with Crippen LogP contribution in [0.15, 0.2) is 6.20 Å². The van der Waals surface area contributed by atoms with E-state index in [-0.39, 0.29) is 5.97 Å². The van der Waals surface area contributed by atoms with Gasteiger partial charge in [-0.05, 0) is 31.9 Å². The molecule has 0 aliphatic carbocycles. The maximum absolute atomic E-state index is 11.2. The van der Waals surface area contributed by atoms with Crippen LogP contribution >= 0.6 is 11.8 Å². The van der Waals surface area contributed by atoms with Crippen LogP contribution in [-0.2, 0) is 15.3 Å². The Bertz CT molecular complexity index is 408. The average molecular weight is 254 g/mol. The van der Waals surface area contributed by atoms with E-state index < -0.39 is 0 Å². The fourth-order valence-corrected chi connectivity index (χ4v) is 2.21. The third-order valence-electron chi connectivity index (χ3n) is 2.44. The predicted molar refractivity (Wildman–Crippen MR) is 70.9 cm³/mol. The number of nitrogens with zero attached hydrogens (tertiary/aromatic N) is 1. The minimum Gasteiger partial charge on any atom is -0.465 e. The maximum atomic E-state index is 11.2. The van der Waals surface area contributed by atoms with Crippen molar-refractivity contribution in [1.29, 1.82) is 0 Å². The van der Waals surface area contributed by atoms with Crippen LogP contribution in [0.4, 0.5) is 5.69 Å². The number of pyridine rings is 1. The summed E-state index contributed by atoms with van der Waals surface area (Å²) in [5.41, 5.74) is 9.63. The van der Waals surface area contributed by atoms with Gasteiger partial charge >= 0.3 is 5.97 Å². The van der Waals surface area contributed by atoms with Crippen LogP contribution in [0, 0.1) is 13.8 Å². The van der Waals surface area contributed by atoms with Gasteiger partial charge < -0.3 is 10.5 Å². The summed E-state index contributed by atoms with van der Waals surface area (Å²) >= 11 is 1.49. The maximum Gasteiger partial charge on any atom is 0.315 e. The molecule has 2 N–H and O–H groups in total. The van der Waals surface area contributed by atoms with Gasteiger partial charge in [-0.25, -0.2) is 0 Å². The predicted octanol–water partition coefficient (Wildman–Crippen LogP) is 2.08. The molecule has 0 unspecified atom stereocenters. The lowest BCUT2D eigenvalue weighted by Crippen LogP contribution is -2.07. The van der Waals surface area contributed by atoms with Gasteiger partial charge in [0.05, 0.1) is 18.1 Å². The number of aryl methyl sites for hydroxylation is 1. The molecule has 0 aliphatic rings. The van der Waals surface area contributed by atoms with Gasteiger partial charge in [0, 0.05) is 17.6 Å². The summed E-state index contributed by atoms with van der Waals surface area (Å²) in [6.07, 6.45) is 1.77. The van der Waals surface area contributed by atoms with Gasteiger partial charge in [-0.1, -0.05) is 0 Å². The Hall–Kier alpha value is -1.23. The Morgan fingerprint density at radius 1 is 1.53 bits per heavy atom. The monoisotopic (exact) mass is 254 g/mol. The number of rotatable bonds is 5. The number of esters is 1. The Kier molecular flexibility index (Phi) is 5.28. The van der Waals surface area contributed by atoms with Crippen molar-refractivity contribution in [1.82, 2.24) is 4.98 Å². The minimum atomic E-state index is -0.185. The van der Waals surface area contributed by atoms with Crippen molar-refractivity contribution in [2.45, 2.75) is 26.5 Å². The number of hydrogen-bond acceptors (Lipinski definition) is 5. The number of anilines is 1. The van der Waals surface area contributed by atoms with E-state index in [1.165, 1.54) is 11.8 Å². The smallest absolute Gasteiger partial charge is 0.315 e. The molecule has 0 radical (unpaired) electrons. The van der Waals surface area contributed by atoms with Crippen LogP contribution in [0.1, 0.15) is 23.7 Å². The normalized spacial score (nSPS) is 10.3.